The lowest BCUT2D eigenvalue weighted by Gasteiger charge is -2.37. The molecule has 0 unspecified atom stereocenters. The van der Waals surface area contributed by atoms with Crippen molar-refractivity contribution in [2.24, 2.45) is 11.5 Å². The zero-order valence-electron chi connectivity index (χ0n) is 23.6. The molecule has 4 rings (SSSR count). The van der Waals surface area contributed by atoms with Crippen molar-refractivity contribution in [2.45, 2.75) is 57.8 Å². The van der Waals surface area contributed by atoms with Crippen molar-refractivity contribution < 1.29 is 47.4 Å². The minimum absolute atomic E-state index is 0.000193. The van der Waals surface area contributed by atoms with E-state index in [2.05, 4.69) is 0 Å². The van der Waals surface area contributed by atoms with Crippen LogP contribution in [0.1, 0.15) is 63.6 Å². The molecule has 11 nitrogen and oxygen atoms in total. The molecule has 0 aromatic heterocycles. The highest BCUT2D eigenvalue weighted by atomic mass is 19.4. The largest absolute Gasteiger partial charge is 0.490 e. The Morgan fingerprint density at radius 3 is 2.07 bits per heavy atom. The van der Waals surface area contributed by atoms with Crippen molar-refractivity contribution in [2.75, 3.05) is 19.6 Å². The summed E-state index contributed by atoms with van der Waals surface area (Å²) in [5.74, 6) is -4.45. The number of rotatable bonds is 6. The fraction of sp³-hybridized carbons (Fsp3) is 0.414. The SMILES string of the molecule is CC(=O)N1CCC(N(CC(=O)O)C(=O)c2cccc(CN)c2)CC1.NC(=O)c1ccc2c(c1)CCC2.O=C(O)C(F)(F)F. The molecule has 6 N–H and O–H groups in total. The zero-order chi connectivity index (χ0) is 32.3. The van der Waals surface area contributed by atoms with Gasteiger partial charge in [-0.25, -0.2) is 4.79 Å². The third kappa shape index (κ3) is 10.7. The van der Waals surface area contributed by atoms with E-state index in [1.165, 1.54) is 29.4 Å². The van der Waals surface area contributed by atoms with E-state index in [0.717, 1.165) is 18.4 Å². The van der Waals surface area contributed by atoms with E-state index in [0.29, 0.717) is 43.6 Å². The van der Waals surface area contributed by atoms with Crippen LogP contribution >= 0.6 is 0 Å². The number of hydrogen-bond acceptors (Lipinski definition) is 6. The highest BCUT2D eigenvalue weighted by Gasteiger charge is 2.38. The highest BCUT2D eigenvalue weighted by molar-refractivity contribution is 5.96. The van der Waals surface area contributed by atoms with Gasteiger partial charge in [-0.05, 0) is 73.1 Å². The number of nitrogens with zero attached hydrogens (tertiary/aromatic N) is 2. The number of aryl methyl sites for hydroxylation is 2. The first kappa shape index (κ1) is 34.7. The molecule has 234 valence electrons. The molecule has 2 aromatic carbocycles. The van der Waals surface area contributed by atoms with Gasteiger partial charge in [0.15, 0.2) is 0 Å². The van der Waals surface area contributed by atoms with Crippen LogP contribution in [0, 0.1) is 0 Å². The summed E-state index contributed by atoms with van der Waals surface area (Å²) in [5, 5.41) is 16.3. The second-order valence-electron chi connectivity index (χ2n) is 9.97. The lowest BCUT2D eigenvalue weighted by molar-refractivity contribution is -0.192. The van der Waals surface area contributed by atoms with Crippen LogP contribution in [0.5, 0.6) is 0 Å². The van der Waals surface area contributed by atoms with Crippen molar-refractivity contribution in [1.29, 1.82) is 0 Å². The molecule has 1 fully saturated rings. The molecule has 0 bridgehead atoms. The molecule has 3 amide bonds. The fourth-order valence-corrected chi connectivity index (χ4v) is 4.73. The maximum Gasteiger partial charge on any atom is 0.490 e. The van der Waals surface area contributed by atoms with Crippen LogP contribution < -0.4 is 11.5 Å². The molecule has 0 spiro atoms. The van der Waals surface area contributed by atoms with E-state index < -0.39 is 18.1 Å². The summed E-state index contributed by atoms with van der Waals surface area (Å²) in [6.45, 7) is 2.55. The standard InChI is InChI=1S/C17H23N3O4.C10H11NO.C2HF3O2/c1-12(21)19-7-5-15(6-8-19)20(11-16(22)23)17(24)14-4-2-3-13(9-14)10-18;11-10(12)9-5-4-7-2-1-3-8(7)6-9;3-2(4,5)1(6)7/h2-4,9,15H,5-8,10-11,18H2,1H3,(H,22,23);4-6H,1-3H2,(H2,11,12);(H,6,7). The van der Waals surface area contributed by atoms with Crippen LogP contribution in [0.2, 0.25) is 0 Å². The Morgan fingerprint density at radius 2 is 1.56 bits per heavy atom. The Bertz CT molecular complexity index is 1330. The molecule has 1 aliphatic heterocycles. The first-order valence-corrected chi connectivity index (χ1v) is 13.4. The summed E-state index contributed by atoms with van der Waals surface area (Å²) in [7, 11) is 0. The molecular formula is C29H35F3N4O7. The quantitative estimate of drug-likeness (QED) is 0.386. The number of benzene rings is 2. The molecule has 2 aromatic rings. The minimum atomic E-state index is -5.08. The molecule has 1 aliphatic carbocycles. The van der Waals surface area contributed by atoms with Crippen molar-refractivity contribution in [3.8, 4) is 0 Å². The summed E-state index contributed by atoms with van der Waals surface area (Å²) in [6.07, 6.45) is -0.479. The van der Waals surface area contributed by atoms with Crippen molar-refractivity contribution in [1.82, 2.24) is 9.80 Å². The number of halogens is 3. The van der Waals surface area contributed by atoms with Crippen LogP contribution in [-0.2, 0) is 33.8 Å². The maximum atomic E-state index is 12.8. The van der Waals surface area contributed by atoms with Gasteiger partial charge in [0.05, 0.1) is 0 Å². The summed E-state index contributed by atoms with van der Waals surface area (Å²) >= 11 is 0. The van der Waals surface area contributed by atoms with Gasteiger partial charge in [-0.3, -0.25) is 19.2 Å². The van der Waals surface area contributed by atoms with Gasteiger partial charge >= 0.3 is 18.1 Å². The topological polar surface area (TPSA) is 184 Å². The lowest BCUT2D eigenvalue weighted by atomic mass is 10.0. The first-order chi connectivity index (χ1) is 20.1. The number of hydrogen-bond donors (Lipinski definition) is 4. The van der Waals surface area contributed by atoms with Gasteiger partial charge in [0.2, 0.25) is 11.8 Å². The first-order valence-electron chi connectivity index (χ1n) is 13.4. The third-order valence-electron chi connectivity index (χ3n) is 6.95. The van der Waals surface area contributed by atoms with E-state index in [-0.39, 0.29) is 30.3 Å². The monoisotopic (exact) mass is 608 g/mol. The number of carbonyl (C=O) groups excluding carboxylic acids is 3. The smallest absolute Gasteiger partial charge is 0.480 e. The molecule has 14 heteroatoms. The average molecular weight is 609 g/mol. The van der Waals surface area contributed by atoms with Crippen LogP contribution in [0.3, 0.4) is 0 Å². The van der Waals surface area contributed by atoms with Crippen molar-refractivity contribution in [3.63, 3.8) is 0 Å². The molecule has 1 heterocycles. The normalized spacial score (nSPS) is 14.3. The van der Waals surface area contributed by atoms with Gasteiger partial charge in [0.1, 0.15) is 6.54 Å². The maximum absolute atomic E-state index is 12.8. The second-order valence-corrected chi connectivity index (χ2v) is 9.97. The molecule has 1 saturated heterocycles. The Hall–Kier alpha value is -4.46. The minimum Gasteiger partial charge on any atom is -0.480 e. The Morgan fingerprint density at radius 1 is 0.953 bits per heavy atom. The summed E-state index contributed by atoms with van der Waals surface area (Å²) in [6, 6.07) is 12.5. The highest BCUT2D eigenvalue weighted by Crippen LogP contribution is 2.23. The van der Waals surface area contributed by atoms with Crippen LogP contribution in [0.15, 0.2) is 42.5 Å². The number of likely N-dealkylation sites (tertiary alicyclic amines) is 1. The number of carboxylic acid groups (broad SMARTS) is 2. The van der Waals surface area contributed by atoms with Gasteiger partial charge in [0, 0.05) is 43.7 Å². The number of carboxylic acids is 2. The molecule has 2 aliphatic rings. The number of piperidine rings is 1. The Kier molecular flexibility index (Phi) is 12.7. The predicted octanol–water partition coefficient (Wildman–Crippen LogP) is 2.59. The second kappa shape index (κ2) is 15.7. The van der Waals surface area contributed by atoms with Crippen molar-refractivity contribution >= 4 is 29.7 Å². The van der Waals surface area contributed by atoms with Gasteiger partial charge in [0.25, 0.3) is 5.91 Å². The molecule has 0 saturated carbocycles. The van der Waals surface area contributed by atoms with Gasteiger partial charge in [-0.1, -0.05) is 18.2 Å². The number of carbonyl (C=O) groups is 5. The predicted molar refractivity (Wildman–Crippen MR) is 149 cm³/mol. The average Bonchev–Trinajstić information content (AvgIpc) is 3.44. The number of aliphatic carboxylic acids is 2. The van der Waals surface area contributed by atoms with Crippen molar-refractivity contribution in [3.05, 3.63) is 70.3 Å². The summed E-state index contributed by atoms with van der Waals surface area (Å²) < 4.78 is 31.7. The Labute approximate surface area is 246 Å². The number of alkyl halides is 3. The summed E-state index contributed by atoms with van der Waals surface area (Å²) in [5.41, 5.74) is 15.3. The van der Waals surface area contributed by atoms with Crippen LogP contribution in [0.25, 0.3) is 0 Å². The van der Waals surface area contributed by atoms with Crippen LogP contribution in [0.4, 0.5) is 13.2 Å². The lowest BCUT2D eigenvalue weighted by Crippen LogP contribution is -2.50. The molecule has 43 heavy (non-hydrogen) atoms. The Balaban J connectivity index is 0.000000279. The number of nitrogens with two attached hydrogens (primary N) is 2. The number of amides is 3. The number of fused-ring (bicyclic) bond motifs is 1. The van der Waals surface area contributed by atoms with Gasteiger partial charge in [-0.15, -0.1) is 0 Å². The third-order valence-corrected chi connectivity index (χ3v) is 6.95. The molecule has 0 atom stereocenters. The van der Waals surface area contributed by atoms with E-state index >= 15 is 0 Å². The van der Waals surface area contributed by atoms with E-state index in [9.17, 15) is 37.5 Å². The van der Waals surface area contributed by atoms with Crippen LogP contribution in [-0.4, -0.2) is 81.5 Å². The van der Waals surface area contributed by atoms with E-state index in [4.69, 9.17) is 21.4 Å². The zero-order valence-corrected chi connectivity index (χ0v) is 23.6. The fourth-order valence-electron chi connectivity index (χ4n) is 4.73. The van der Waals surface area contributed by atoms with Gasteiger partial charge < -0.3 is 31.5 Å². The summed E-state index contributed by atoms with van der Waals surface area (Å²) in [4.78, 5) is 58.3. The van der Waals surface area contributed by atoms with E-state index in [1.54, 1.807) is 23.1 Å². The van der Waals surface area contributed by atoms with E-state index in [1.807, 2.05) is 24.3 Å². The molecule has 0 radical (unpaired) electrons. The number of primary amides is 1. The molecular weight excluding hydrogens is 573 g/mol. The van der Waals surface area contributed by atoms with Gasteiger partial charge in [-0.2, -0.15) is 13.2 Å².